The second-order valence-corrected chi connectivity index (χ2v) is 6.07. The highest BCUT2D eigenvalue weighted by Crippen LogP contribution is 2.37. The maximum absolute atomic E-state index is 12.0. The highest BCUT2D eigenvalue weighted by molar-refractivity contribution is 5.86. The van der Waals surface area contributed by atoms with Crippen LogP contribution in [-0.4, -0.2) is 32.2 Å². The largest absolute Gasteiger partial charge is 0.468 e. The van der Waals surface area contributed by atoms with Crippen molar-refractivity contribution < 1.29 is 19.1 Å². The van der Waals surface area contributed by atoms with Gasteiger partial charge in [0.05, 0.1) is 14.2 Å². The van der Waals surface area contributed by atoms with Crippen molar-refractivity contribution in [2.24, 2.45) is 5.92 Å². The number of hydrogen-bond donors (Lipinski definition) is 1. The van der Waals surface area contributed by atoms with E-state index in [4.69, 9.17) is 4.74 Å². The van der Waals surface area contributed by atoms with E-state index in [1.54, 1.807) is 0 Å². The van der Waals surface area contributed by atoms with Gasteiger partial charge in [-0.2, -0.15) is 0 Å². The zero-order valence-electron chi connectivity index (χ0n) is 14.3. The molecular formula is C20H21NO4. The van der Waals surface area contributed by atoms with Crippen molar-refractivity contribution in [1.29, 1.82) is 0 Å². The molecule has 130 valence electrons. The van der Waals surface area contributed by atoms with Gasteiger partial charge in [-0.15, -0.1) is 0 Å². The minimum atomic E-state index is -0.404. The Hall–Kier alpha value is -2.66. The summed E-state index contributed by atoms with van der Waals surface area (Å²) in [5.74, 6) is -0.716. The van der Waals surface area contributed by atoms with Gasteiger partial charge in [0.1, 0.15) is 6.04 Å². The summed E-state index contributed by atoms with van der Waals surface area (Å²) >= 11 is 0. The lowest BCUT2D eigenvalue weighted by molar-refractivity contribution is -0.142. The fraction of sp³-hybridized carbons (Fsp3) is 0.300. The van der Waals surface area contributed by atoms with Gasteiger partial charge in [0.15, 0.2) is 0 Å². The summed E-state index contributed by atoms with van der Waals surface area (Å²) in [6, 6.07) is 13.8. The van der Waals surface area contributed by atoms with E-state index in [0.29, 0.717) is 6.42 Å². The zero-order chi connectivity index (χ0) is 17.8. The molecule has 2 aromatic carbocycles. The van der Waals surface area contributed by atoms with Gasteiger partial charge in [0.25, 0.3) is 0 Å². The number of fused-ring (bicyclic) bond motifs is 1. The molecule has 0 radical (unpaired) electrons. The average Bonchev–Trinajstić information content (AvgIpc) is 3.09. The van der Waals surface area contributed by atoms with Gasteiger partial charge in [-0.25, -0.2) is 4.79 Å². The molecule has 0 aromatic heterocycles. The smallest absolute Gasteiger partial charge is 0.330 e. The molecule has 0 unspecified atom stereocenters. The highest BCUT2D eigenvalue weighted by Gasteiger charge is 2.38. The number of methoxy groups -OCH3 is 2. The second kappa shape index (κ2) is 7.49. The summed E-state index contributed by atoms with van der Waals surface area (Å²) in [6.45, 7) is 0. The molecule has 0 amide bonds. The van der Waals surface area contributed by atoms with Crippen LogP contribution in [0.4, 0.5) is 0 Å². The van der Waals surface area contributed by atoms with E-state index in [9.17, 15) is 9.59 Å². The number of nitrogens with one attached hydrogen (secondary N) is 1. The zero-order valence-corrected chi connectivity index (χ0v) is 14.3. The van der Waals surface area contributed by atoms with Gasteiger partial charge in [-0.1, -0.05) is 48.5 Å². The number of hydrogen-bond acceptors (Lipinski definition) is 5. The molecule has 1 aliphatic heterocycles. The van der Waals surface area contributed by atoms with Crippen LogP contribution in [0, 0.1) is 5.92 Å². The molecule has 2 aromatic rings. The van der Waals surface area contributed by atoms with E-state index in [0.717, 1.165) is 16.3 Å². The van der Waals surface area contributed by atoms with Crippen LogP contribution in [-0.2, 0) is 19.1 Å². The lowest BCUT2D eigenvalue weighted by Gasteiger charge is -2.19. The molecule has 5 nitrogen and oxygen atoms in total. The fourth-order valence-electron chi connectivity index (χ4n) is 3.43. The van der Waals surface area contributed by atoms with Crippen molar-refractivity contribution in [3.05, 3.63) is 60.2 Å². The normalized spacial score (nSPS) is 23.0. The minimum absolute atomic E-state index is 0.0194. The Kier molecular flexibility index (Phi) is 5.14. The SMILES string of the molecule is COC(=O)/C=C/[C@@H]1C[C@H](C(=O)OC)N[C@@H]1c1cccc2ccccc12. The lowest BCUT2D eigenvalue weighted by Crippen LogP contribution is -2.33. The topological polar surface area (TPSA) is 64.6 Å². The summed E-state index contributed by atoms with van der Waals surface area (Å²) in [5, 5.41) is 5.63. The average molecular weight is 339 g/mol. The Morgan fingerprint density at radius 2 is 1.84 bits per heavy atom. The first-order valence-electron chi connectivity index (χ1n) is 8.21. The first kappa shape index (κ1) is 17.2. The molecule has 3 atom stereocenters. The van der Waals surface area contributed by atoms with E-state index in [-0.39, 0.29) is 17.9 Å². The number of carbonyl (C=O) groups excluding carboxylic acids is 2. The molecule has 1 N–H and O–H groups in total. The molecule has 5 heteroatoms. The number of carbonyl (C=O) groups is 2. The number of benzene rings is 2. The molecule has 3 rings (SSSR count). The van der Waals surface area contributed by atoms with Crippen molar-refractivity contribution in [2.45, 2.75) is 18.5 Å². The minimum Gasteiger partial charge on any atom is -0.468 e. The quantitative estimate of drug-likeness (QED) is 0.685. The van der Waals surface area contributed by atoms with Crippen molar-refractivity contribution in [2.75, 3.05) is 14.2 Å². The van der Waals surface area contributed by atoms with Gasteiger partial charge in [-0.05, 0) is 28.7 Å². The van der Waals surface area contributed by atoms with Crippen LogP contribution in [0.1, 0.15) is 18.0 Å². The van der Waals surface area contributed by atoms with E-state index >= 15 is 0 Å². The van der Waals surface area contributed by atoms with Gasteiger partial charge < -0.3 is 9.47 Å². The number of ether oxygens (including phenoxy) is 2. The molecule has 0 saturated carbocycles. The third-order valence-corrected chi connectivity index (χ3v) is 4.64. The van der Waals surface area contributed by atoms with Crippen molar-refractivity contribution >= 4 is 22.7 Å². The van der Waals surface area contributed by atoms with Crippen LogP contribution in [0.15, 0.2) is 54.6 Å². The third kappa shape index (κ3) is 3.56. The van der Waals surface area contributed by atoms with E-state index in [1.807, 2.05) is 24.3 Å². The Labute approximate surface area is 146 Å². The van der Waals surface area contributed by atoms with Crippen molar-refractivity contribution in [3.8, 4) is 0 Å². The predicted octanol–water partition coefficient (Wildman–Crippen LogP) is 2.76. The van der Waals surface area contributed by atoms with Gasteiger partial charge in [-0.3, -0.25) is 10.1 Å². The van der Waals surface area contributed by atoms with E-state index in [2.05, 4.69) is 34.3 Å². The van der Waals surface area contributed by atoms with Gasteiger partial charge >= 0.3 is 11.9 Å². The first-order chi connectivity index (χ1) is 12.1. The first-order valence-corrected chi connectivity index (χ1v) is 8.21. The Balaban J connectivity index is 1.98. The molecule has 25 heavy (non-hydrogen) atoms. The lowest BCUT2D eigenvalue weighted by atomic mass is 9.90. The second-order valence-electron chi connectivity index (χ2n) is 6.07. The Morgan fingerprint density at radius 1 is 1.08 bits per heavy atom. The van der Waals surface area contributed by atoms with Crippen LogP contribution >= 0.6 is 0 Å². The predicted molar refractivity (Wildman–Crippen MR) is 94.9 cm³/mol. The van der Waals surface area contributed by atoms with E-state index in [1.165, 1.54) is 20.3 Å². The monoisotopic (exact) mass is 339 g/mol. The fourth-order valence-corrected chi connectivity index (χ4v) is 3.43. The number of rotatable bonds is 4. The van der Waals surface area contributed by atoms with Gasteiger partial charge in [0, 0.05) is 12.1 Å². The van der Waals surface area contributed by atoms with Crippen LogP contribution in [0.3, 0.4) is 0 Å². The van der Waals surface area contributed by atoms with Gasteiger partial charge in [0.2, 0.25) is 0 Å². The molecule has 0 bridgehead atoms. The molecule has 1 heterocycles. The molecule has 1 fully saturated rings. The van der Waals surface area contributed by atoms with E-state index < -0.39 is 12.0 Å². The maximum Gasteiger partial charge on any atom is 0.330 e. The summed E-state index contributed by atoms with van der Waals surface area (Å²) in [4.78, 5) is 23.5. The Bertz CT molecular complexity index is 809. The summed E-state index contributed by atoms with van der Waals surface area (Å²) in [5.41, 5.74) is 1.10. The highest BCUT2D eigenvalue weighted by atomic mass is 16.5. The molecule has 1 saturated heterocycles. The maximum atomic E-state index is 12.0. The standard InChI is InChI=1S/C20H21NO4/c1-24-18(22)11-10-14-12-17(20(23)25-2)21-19(14)16-9-5-7-13-6-3-4-8-15(13)16/h3-11,14,17,19,21H,12H2,1-2H3/b11-10+/t14-,17-,19+/m1/s1. The molecule has 1 aliphatic rings. The summed E-state index contributed by atoms with van der Waals surface area (Å²) < 4.78 is 9.56. The van der Waals surface area contributed by atoms with Crippen molar-refractivity contribution in [1.82, 2.24) is 5.32 Å². The Morgan fingerprint density at radius 3 is 2.60 bits per heavy atom. The van der Waals surface area contributed by atoms with Crippen LogP contribution < -0.4 is 5.32 Å². The van der Waals surface area contributed by atoms with Crippen LogP contribution in [0.2, 0.25) is 0 Å². The van der Waals surface area contributed by atoms with Crippen LogP contribution in [0.25, 0.3) is 10.8 Å². The molecule has 0 aliphatic carbocycles. The summed E-state index contributed by atoms with van der Waals surface area (Å²) in [7, 11) is 2.73. The third-order valence-electron chi connectivity index (χ3n) is 4.64. The van der Waals surface area contributed by atoms with Crippen molar-refractivity contribution in [3.63, 3.8) is 0 Å². The molecule has 0 spiro atoms. The summed E-state index contributed by atoms with van der Waals surface area (Å²) in [6.07, 6.45) is 3.80. The number of esters is 2. The molecular weight excluding hydrogens is 318 g/mol. The van der Waals surface area contributed by atoms with Crippen LogP contribution in [0.5, 0.6) is 0 Å².